The maximum atomic E-state index is 12.0. The first-order chi connectivity index (χ1) is 9.87. The molecule has 0 saturated carbocycles. The van der Waals surface area contributed by atoms with Gasteiger partial charge in [-0.25, -0.2) is 0 Å². The van der Waals surface area contributed by atoms with Crippen LogP contribution in [0.1, 0.15) is 5.56 Å². The Morgan fingerprint density at radius 2 is 1.91 bits per heavy atom. The van der Waals surface area contributed by atoms with Crippen LogP contribution in [0, 0.1) is 0 Å². The van der Waals surface area contributed by atoms with Gasteiger partial charge in [0.2, 0.25) is 0 Å². The molecule has 9 heteroatoms. The van der Waals surface area contributed by atoms with E-state index in [9.17, 15) is 18.0 Å². The van der Waals surface area contributed by atoms with Crippen molar-refractivity contribution in [2.75, 3.05) is 6.61 Å². The van der Waals surface area contributed by atoms with Crippen LogP contribution < -0.4 is 5.73 Å². The molecular weight excluding hydrogens is 356 g/mol. The minimum atomic E-state index is -4.56. The molecule has 0 aliphatic heterocycles. The first-order valence-electron chi connectivity index (χ1n) is 6.18. The van der Waals surface area contributed by atoms with Gasteiger partial charge in [-0.05, 0) is 24.1 Å². The highest BCUT2D eigenvalue weighted by atomic mass is 35.5. The molecule has 0 aliphatic carbocycles. The molecule has 0 unspecified atom stereocenters. The molecule has 0 radical (unpaired) electrons. The Hall–Kier alpha value is -1.57. The number of ether oxygens (including phenoxy) is 1. The zero-order valence-electron chi connectivity index (χ0n) is 11.7. The molecule has 2 N–H and O–H groups in total. The van der Waals surface area contributed by atoms with E-state index in [-0.39, 0.29) is 31.2 Å². The fourth-order valence-electron chi connectivity index (χ4n) is 1.93. The lowest BCUT2D eigenvalue weighted by atomic mass is 10.0. The summed E-state index contributed by atoms with van der Waals surface area (Å²) >= 11 is 0. The van der Waals surface area contributed by atoms with Crippen molar-refractivity contribution in [1.29, 1.82) is 0 Å². The summed E-state index contributed by atoms with van der Waals surface area (Å²) < 4.78 is 40.1. The molecule has 0 saturated heterocycles. The fraction of sp³-hybridized carbons (Fsp3) is 0.286. The maximum Gasteiger partial charge on any atom is 0.422 e. The van der Waals surface area contributed by atoms with E-state index in [1.807, 2.05) is 6.07 Å². The second kappa shape index (κ2) is 8.90. The normalized spacial score (nSPS) is 12.0. The molecule has 0 fully saturated rings. The number of rotatable bonds is 4. The summed E-state index contributed by atoms with van der Waals surface area (Å²) in [6.07, 6.45) is -2.85. The van der Waals surface area contributed by atoms with Gasteiger partial charge < -0.3 is 10.5 Å². The smallest absolute Gasteiger partial charge is 0.422 e. The zero-order valence-corrected chi connectivity index (χ0v) is 13.4. The zero-order chi connectivity index (χ0) is 15.5. The lowest BCUT2D eigenvalue weighted by molar-refractivity contribution is -0.187. The largest absolute Gasteiger partial charge is 0.455 e. The number of alkyl halides is 3. The number of aromatic nitrogens is 1. The molecule has 1 aromatic heterocycles. The third-order valence-electron chi connectivity index (χ3n) is 2.86. The van der Waals surface area contributed by atoms with Crippen LogP contribution in [0.3, 0.4) is 0 Å². The van der Waals surface area contributed by atoms with Crippen LogP contribution in [0.4, 0.5) is 13.2 Å². The molecule has 23 heavy (non-hydrogen) atoms. The number of halogens is 5. The third kappa shape index (κ3) is 6.21. The number of hydrogen-bond acceptors (Lipinski definition) is 4. The predicted molar refractivity (Wildman–Crippen MR) is 84.9 cm³/mol. The van der Waals surface area contributed by atoms with Crippen molar-refractivity contribution in [2.24, 2.45) is 5.73 Å². The maximum absolute atomic E-state index is 12.0. The molecule has 1 atom stereocenters. The number of carbonyl (C=O) groups excluding carboxylic acids is 1. The molecule has 1 aromatic carbocycles. The molecule has 0 spiro atoms. The van der Waals surface area contributed by atoms with Crippen molar-refractivity contribution in [3.63, 3.8) is 0 Å². The van der Waals surface area contributed by atoms with Crippen LogP contribution in [0.2, 0.25) is 0 Å². The molecule has 0 bridgehead atoms. The van der Waals surface area contributed by atoms with Crippen molar-refractivity contribution in [3.05, 3.63) is 42.1 Å². The molecule has 2 rings (SSSR count). The SMILES string of the molecule is Cl.Cl.N[C@@H](Cc1cccc2ncccc12)C(=O)OCC(F)(F)F. The number of nitrogens with two attached hydrogens (primary N) is 1. The Bertz CT molecular complexity index is 648. The average molecular weight is 371 g/mol. The van der Waals surface area contributed by atoms with Gasteiger partial charge in [0.25, 0.3) is 0 Å². The first-order valence-corrected chi connectivity index (χ1v) is 6.18. The summed E-state index contributed by atoms with van der Waals surface area (Å²) in [4.78, 5) is 15.6. The van der Waals surface area contributed by atoms with Crippen LogP contribution in [-0.4, -0.2) is 29.8 Å². The summed E-state index contributed by atoms with van der Waals surface area (Å²) in [5.41, 5.74) is 7.07. The third-order valence-corrected chi connectivity index (χ3v) is 2.86. The molecular formula is C14H15Cl2F3N2O2. The Labute approximate surface area is 143 Å². The monoisotopic (exact) mass is 370 g/mol. The van der Waals surface area contributed by atoms with Crippen molar-refractivity contribution in [1.82, 2.24) is 4.98 Å². The van der Waals surface area contributed by atoms with E-state index in [2.05, 4.69) is 9.72 Å². The van der Waals surface area contributed by atoms with Gasteiger partial charge in [0.15, 0.2) is 6.61 Å². The lowest BCUT2D eigenvalue weighted by Crippen LogP contribution is -2.36. The summed E-state index contributed by atoms with van der Waals surface area (Å²) in [5.74, 6) is -1.08. The van der Waals surface area contributed by atoms with Gasteiger partial charge in [0.05, 0.1) is 5.52 Å². The van der Waals surface area contributed by atoms with Gasteiger partial charge >= 0.3 is 12.1 Å². The van der Waals surface area contributed by atoms with E-state index in [1.165, 1.54) is 0 Å². The molecule has 1 heterocycles. The Kier molecular flexibility index (Phi) is 8.30. The van der Waals surface area contributed by atoms with E-state index < -0.39 is 24.8 Å². The Balaban J connectivity index is 0.00000242. The van der Waals surface area contributed by atoms with E-state index in [4.69, 9.17) is 5.73 Å². The van der Waals surface area contributed by atoms with Crippen molar-refractivity contribution in [2.45, 2.75) is 18.6 Å². The summed E-state index contributed by atoms with van der Waals surface area (Å²) in [6, 6.07) is 7.69. The van der Waals surface area contributed by atoms with Gasteiger partial charge in [-0.2, -0.15) is 13.2 Å². The summed E-state index contributed by atoms with van der Waals surface area (Å²) in [6.45, 7) is -1.63. The minimum Gasteiger partial charge on any atom is -0.455 e. The molecule has 0 amide bonds. The quantitative estimate of drug-likeness (QED) is 0.840. The topological polar surface area (TPSA) is 65.2 Å². The van der Waals surface area contributed by atoms with Gasteiger partial charge in [-0.15, -0.1) is 24.8 Å². The average Bonchev–Trinajstić information content (AvgIpc) is 2.44. The van der Waals surface area contributed by atoms with Crippen LogP contribution in [-0.2, 0) is 16.0 Å². The Morgan fingerprint density at radius 1 is 1.22 bits per heavy atom. The van der Waals surface area contributed by atoms with E-state index in [0.29, 0.717) is 0 Å². The van der Waals surface area contributed by atoms with E-state index in [1.54, 1.807) is 30.5 Å². The minimum absolute atomic E-state index is 0. The Morgan fingerprint density at radius 3 is 2.57 bits per heavy atom. The van der Waals surface area contributed by atoms with Gasteiger partial charge in [0, 0.05) is 11.6 Å². The predicted octanol–water partition coefficient (Wildman–Crippen LogP) is 3.05. The highest BCUT2D eigenvalue weighted by Gasteiger charge is 2.30. The highest BCUT2D eigenvalue weighted by molar-refractivity contribution is 5.85. The molecule has 128 valence electrons. The molecule has 2 aromatic rings. The van der Waals surface area contributed by atoms with Gasteiger partial charge in [-0.3, -0.25) is 9.78 Å². The standard InChI is InChI=1S/C14H13F3N2O2.2ClH/c15-14(16,17)8-21-13(20)11(18)7-9-3-1-5-12-10(9)4-2-6-19-12;;/h1-6,11H,7-8,18H2;2*1H/t11-;;/m0../s1. The summed E-state index contributed by atoms with van der Waals surface area (Å²) in [7, 11) is 0. The fourth-order valence-corrected chi connectivity index (χ4v) is 1.93. The second-order valence-corrected chi connectivity index (χ2v) is 4.52. The number of hydrogen-bond donors (Lipinski definition) is 1. The van der Waals surface area contributed by atoms with Crippen LogP contribution in [0.15, 0.2) is 36.5 Å². The number of esters is 1. The van der Waals surface area contributed by atoms with Crippen LogP contribution in [0.5, 0.6) is 0 Å². The first kappa shape index (κ1) is 21.4. The number of fused-ring (bicyclic) bond motifs is 1. The molecule has 4 nitrogen and oxygen atoms in total. The molecule has 0 aliphatic rings. The number of nitrogens with zero attached hydrogens (tertiary/aromatic N) is 1. The van der Waals surface area contributed by atoms with Crippen molar-refractivity contribution >= 4 is 41.7 Å². The van der Waals surface area contributed by atoms with Crippen LogP contribution >= 0.6 is 24.8 Å². The van der Waals surface area contributed by atoms with Crippen LogP contribution in [0.25, 0.3) is 10.9 Å². The van der Waals surface area contributed by atoms with Gasteiger partial charge in [0.1, 0.15) is 6.04 Å². The highest BCUT2D eigenvalue weighted by Crippen LogP contribution is 2.18. The second-order valence-electron chi connectivity index (χ2n) is 4.52. The lowest BCUT2D eigenvalue weighted by Gasteiger charge is -2.14. The summed E-state index contributed by atoms with van der Waals surface area (Å²) in [5, 5.41) is 0.805. The van der Waals surface area contributed by atoms with Gasteiger partial charge in [-0.1, -0.05) is 18.2 Å². The van der Waals surface area contributed by atoms with E-state index in [0.717, 1.165) is 16.5 Å². The van der Waals surface area contributed by atoms with Crippen molar-refractivity contribution in [3.8, 4) is 0 Å². The number of pyridine rings is 1. The number of benzene rings is 1. The van der Waals surface area contributed by atoms with E-state index >= 15 is 0 Å². The number of carbonyl (C=O) groups is 1. The van der Waals surface area contributed by atoms with Crippen molar-refractivity contribution < 1.29 is 22.7 Å².